The van der Waals surface area contributed by atoms with E-state index < -0.39 is 5.60 Å². The van der Waals surface area contributed by atoms with Crippen molar-refractivity contribution in [3.05, 3.63) is 0 Å². The SMILES string of the molecule is C[C@@H](C#CC(C)(C)O)OC1CCCCO1. The van der Waals surface area contributed by atoms with Crippen LogP contribution in [0.2, 0.25) is 0 Å². The molecular formula is C12H20O3. The van der Waals surface area contributed by atoms with Gasteiger partial charge < -0.3 is 14.6 Å². The second-order valence-corrected chi connectivity index (χ2v) is 4.40. The summed E-state index contributed by atoms with van der Waals surface area (Å²) in [6.45, 7) is 5.96. The van der Waals surface area contributed by atoms with Gasteiger partial charge >= 0.3 is 0 Å². The van der Waals surface area contributed by atoms with Crippen LogP contribution in [-0.2, 0) is 9.47 Å². The molecule has 0 aromatic heterocycles. The van der Waals surface area contributed by atoms with E-state index >= 15 is 0 Å². The summed E-state index contributed by atoms with van der Waals surface area (Å²) < 4.78 is 11.0. The highest BCUT2D eigenvalue weighted by molar-refractivity contribution is 5.12. The molecule has 0 aliphatic carbocycles. The van der Waals surface area contributed by atoms with E-state index in [0.29, 0.717) is 0 Å². The van der Waals surface area contributed by atoms with Gasteiger partial charge in [0.25, 0.3) is 0 Å². The van der Waals surface area contributed by atoms with Crippen LogP contribution >= 0.6 is 0 Å². The Morgan fingerprint density at radius 3 is 2.73 bits per heavy atom. The number of ether oxygens (including phenoxy) is 2. The molecule has 1 fully saturated rings. The zero-order valence-electron chi connectivity index (χ0n) is 9.75. The molecule has 2 atom stereocenters. The molecule has 1 aliphatic rings. The summed E-state index contributed by atoms with van der Waals surface area (Å²) in [5.41, 5.74) is -0.953. The smallest absolute Gasteiger partial charge is 0.159 e. The van der Waals surface area contributed by atoms with Crippen molar-refractivity contribution in [1.29, 1.82) is 0 Å². The zero-order valence-corrected chi connectivity index (χ0v) is 9.75. The Morgan fingerprint density at radius 2 is 2.20 bits per heavy atom. The Kier molecular flexibility index (Phi) is 4.59. The fourth-order valence-electron chi connectivity index (χ4n) is 1.36. The summed E-state index contributed by atoms with van der Waals surface area (Å²) in [6, 6.07) is 0. The number of hydrogen-bond donors (Lipinski definition) is 1. The first-order valence-electron chi connectivity index (χ1n) is 5.49. The zero-order chi connectivity index (χ0) is 11.3. The van der Waals surface area contributed by atoms with Crippen LogP contribution in [0.4, 0.5) is 0 Å². The van der Waals surface area contributed by atoms with Crippen LogP contribution in [0.5, 0.6) is 0 Å². The van der Waals surface area contributed by atoms with Gasteiger partial charge in [-0.3, -0.25) is 0 Å². The largest absolute Gasteiger partial charge is 0.378 e. The third-order valence-corrected chi connectivity index (χ3v) is 2.08. The second-order valence-electron chi connectivity index (χ2n) is 4.40. The van der Waals surface area contributed by atoms with Gasteiger partial charge in [-0.1, -0.05) is 11.8 Å². The van der Waals surface area contributed by atoms with Crippen molar-refractivity contribution in [3.8, 4) is 11.8 Å². The molecule has 1 rings (SSSR count). The number of hydrogen-bond acceptors (Lipinski definition) is 3. The quantitative estimate of drug-likeness (QED) is 0.708. The van der Waals surface area contributed by atoms with E-state index in [2.05, 4.69) is 11.8 Å². The molecule has 1 saturated heterocycles. The molecule has 15 heavy (non-hydrogen) atoms. The topological polar surface area (TPSA) is 38.7 Å². The van der Waals surface area contributed by atoms with E-state index in [1.54, 1.807) is 13.8 Å². The third-order valence-electron chi connectivity index (χ3n) is 2.08. The summed E-state index contributed by atoms with van der Waals surface area (Å²) in [5, 5.41) is 9.41. The first-order valence-corrected chi connectivity index (χ1v) is 5.49. The molecule has 0 radical (unpaired) electrons. The lowest BCUT2D eigenvalue weighted by Crippen LogP contribution is -2.26. The van der Waals surface area contributed by atoms with Crippen molar-refractivity contribution in [2.45, 2.75) is 58.0 Å². The van der Waals surface area contributed by atoms with Gasteiger partial charge in [-0.25, -0.2) is 0 Å². The van der Waals surface area contributed by atoms with Crippen molar-refractivity contribution in [2.75, 3.05) is 6.61 Å². The maximum Gasteiger partial charge on any atom is 0.159 e. The predicted molar refractivity (Wildman–Crippen MR) is 58.2 cm³/mol. The molecular weight excluding hydrogens is 192 g/mol. The van der Waals surface area contributed by atoms with Crippen LogP contribution in [-0.4, -0.2) is 29.7 Å². The van der Waals surface area contributed by atoms with Gasteiger partial charge in [0.05, 0.1) is 0 Å². The van der Waals surface area contributed by atoms with Crippen molar-refractivity contribution in [2.24, 2.45) is 0 Å². The van der Waals surface area contributed by atoms with Crippen LogP contribution in [0.25, 0.3) is 0 Å². The fourth-order valence-corrected chi connectivity index (χ4v) is 1.36. The van der Waals surface area contributed by atoms with E-state index in [1.807, 2.05) is 6.92 Å². The highest BCUT2D eigenvalue weighted by Gasteiger charge is 2.16. The highest BCUT2D eigenvalue weighted by atomic mass is 16.7. The van der Waals surface area contributed by atoms with Gasteiger partial charge in [0.2, 0.25) is 0 Å². The minimum absolute atomic E-state index is 0.121. The Labute approximate surface area is 91.8 Å². The van der Waals surface area contributed by atoms with Crippen LogP contribution in [0.1, 0.15) is 40.0 Å². The van der Waals surface area contributed by atoms with Crippen molar-refractivity contribution in [1.82, 2.24) is 0 Å². The van der Waals surface area contributed by atoms with Crippen LogP contribution in [0.3, 0.4) is 0 Å². The average molecular weight is 212 g/mol. The van der Waals surface area contributed by atoms with Crippen LogP contribution < -0.4 is 0 Å². The van der Waals surface area contributed by atoms with E-state index in [9.17, 15) is 5.11 Å². The Balaban J connectivity index is 2.33. The molecule has 1 unspecified atom stereocenters. The Morgan fingerprint density at radius 1 is 1.47 bits per heavy atom. The lowest BCUT2D eigenvalue weighted by atomic mass is 10.1. The molecule has 1 aliphatic heterocycles. The summed E-state index contributed by atoms with van der Waals surface area (Å²) in [6.07, 6.45) is 2.89. The molecule has 1 N–H and O–H groups in total. The molecule has 0 spiro atoms. The second kappa shape index (κ2) is 5.50. The minimum atomic E-state index is -0.953. The minimum Gasteiger partial charge on any atom is -0.378 e. The first kappa shape index (κ1) is 12.5. The molecule has 0 saturated carbocycles. The Bertz CT molecular complexity index is 238. The summed E-state index contributed by atoms with van der Waals surface area (Å²) in [7, 11) is 0. The van der Waals surface area contributed by atoms with Crippen LogP contribution in [0, 0.1) is 11.8 Å². The number of aliphatic hydroxyl groups is 1. The predicted octanol–water partition coefficient (Wildman–Crippen LogP) is 1.69. The summed E-state index contributed by atoms with van der Waals surface area (Å²) >= 11 is 0. The van der Waals surface area contributed by atoms with Crippen molar-refractivity contribution in [3.63, 3.8) is 0 Å². The standard InChI is InChI=1S/C12H20O3/c1-10(7-8-12(2,3)13)15-11-6-4-5-9-14-11/h10-11,13H,4-6,9H2,1-3H3/t10-,11?/m0/s1. The van der Waals surface area contributed by atoms with Gasteiger partial charge in [-0.2, -0.15) is 0 Å². The van der Waals surface area contributed by atoms with E-state index in [0.717, 1.165) is 25.9 Å². The van der Waals surface area contributed by atoms with Gasteiger partial charge in [-0.15, -0.1) is 0 Å². The lowest BCUT2D eigenvalue weighted by molar-refractivity contribution is -0.173. The molecule has 3 nitrogen and oxygen atoms in total. The van der Waals surface area contributed by atoms with Gasteiger partial charge in [0.15, 0.2) is 6.29 Å². The van der Waals surface area contributed by atoms with Gasteiger partial charge in [0, 0.05) is 6.61 Å². The van der Waals surface area contributed by atoms with E-state index in [4.69, 9.17) is 9.47 Å². The molecule has 1 heterocycles. The van der Waals surface area contributed by atoms with Crippen molar-refractivity contribution < 1.29 is 14.6 Å². The molecule has 0 amide bonds. The van der Waals surface area contributed by atoms with E-state index in [1.165, 1.54) is 0 Å². The molecule has 86 valence electrons. The number of rotatable bonds is 2. The maximum atomic E-state index is 9.41. The third kappa shape index (κ3) is 5.78. The molecule has 0 bridgehead atoms. The average Bonchev–Trinajstić information content (AvgIpc) is 2.15. The lowest BCUT2D eigenvalue weighted by Gasteiger charge is -2.24. The highest BCUT2D eigenvalue weighted by Crippen LogP contribution is 2.15. The fraction of sp³-hybridized carbons (Fsp3) is 0.833. The van der Waals surface area contributed by atoms with Crippen LogP contribution in [0.15, 0.2) is 0 Å². The van der Waals surface area contributed by atoms with E-state index in [-0.39, 0.29) is 12.4 Å². The molecule has 0 aromatic carbocycles. The summed E-state index contributed by atoms with van der Waals surface area (Å²) in [4.78, 5) is 0. The van der Waals surface area contributed by atoms with Crippen molar-refractivity contribution >= 4 is 0 Å². The first-order chi connectivity index (χ1) is 6.97. The normalized spacial score (nSPS) is 24.1. The monoisotopic (exact) mass is 212 g/mol. The molecule has 3 heteroatoms. The maximum absolute atomic E-state index is 9.41. The van der Waals surface area contributed by atoms with Gasteiger partial charge in [0.1, 0.15) is 11.7 Å². The molecule has 0 aromatic rings. The van der Waals surface area contributed by atoms with Gasteiger partial charge in [-0.05, 0) is 40.0 Å². The summed E-state index contributed by atoms with van der Waals surface area (Å²) in [5.74, 6) is 5.60. The Hall–Kier alpha value is -0.560.